The predicted octanol–water partition coefficient (Wildman–Crippen LogP) is 3.57. The molecule has 0 aliphatic heterocycles. The topological polar surface area (TPSA) is 89.0 Å². The van der Waals surface area contributed by atoms with E-state index >= 15 is 0 Å². The summed E-state index contributed by atoms with van der Waals surface area (Å²) in [6.45, 7) is 0.452. The van der Waals surface area contributed by atoms with Crippen LogP contribution in [0.25, 0.3) is 27.8 Å². The van der Waals surface area contributed by atoms with Crippen LogP contribution in [0.1, 0.15) is 5.69 Å². The molecule has 0 atom stereocenters. The van der Waals surface area contributed by atoms with E-state index in [-0.39, 0.29) is 17.3 Å². The van der Waals surface area contributed by atoms with Crippen molar-refractivity contribution >= 4 is 10.9 Å². The van der Waals surface area contributed by atoms with Gasteiger partial charge in [-0.3, -0.25) is 14.2 Å². The maximum absolute atomic E-state index is 12.5. The van der Waals surface area contributed by atoms with Crippen molar-refractivity contribution in [1.82, 2.24) is 24.3 Å². The summed E-state index contributed by atoms with van der Waals surface area (Å²) in [6.07, 6.45) is 1.10. The zero-order chi connectivity index (χ0) is 20.1. The molecule has 4 rings (SSSR count). The van der Waals surface area contributed by atoms with E-state index in [1.807, 2.05) is 0 Å². The number of aromatic nitrogens is 5. The Balaban J connectivity index is 1.73. The average Bonchev–Trinajstić information content (AvgIpc) is 3.20. The SMILES string of the molecule is Cc1ncc(-c2ccc3c(O)n(-c4cnn(CC(F)(F)F)c4)cc3n2)cc1O. The number of hydrogen-bond donors (Lipinski definition) is 2. The molecule has 0 bridgehead atoms. The highest BCUT2D eigenvalue weighted by molar-refractivity contribution is 5.87. The van der Waals surface area contributed by atoms with Gasteiger partial charge in [-0.05, 0) is 25.1 Å². The second-order valence-electron chi connectivity index (χ2n) is 6.29. The zero-order valence-electron chi connectivity index (χ0n) is 14.5. The number of halogens is 3. The molecule has 0 saturated carbocycles. The normalized spacial score (nSPS) is 12.0. The molecule has 2 N–H and O–H groups in total. The minimum absolute atomic E-state index is 0.0388. The van der Waals surface area contributed by atoms with E-state index in [1.54, 1.807) is 25.3 Å². The van der Waals surface area contributed by atoms with Gasteiger partial charge in [0.15, 0.2) is 0 Å². The number of alkyl halides is 3. The van der Waals surface area contributed by atoms with Gasteiger partial charge in [-0.25, -0.2) is 4.98 Å². The van der Waals surface area contributed by atoms with Gasteiger partial charge in [0.25, 0.3) is 0 Å². The van der Waals surface area contributed by atoms with E-state index < -0.39 is 12.7 Å². The van der Waals surface area contributed by atoms with Crippen LogP contribution in [0.2, 0.25) is 0 Å². The Morgan fingerprint density at radius 3 is 2.61 bits per heavy atom. The van der Waals surface area contributed by atoms with Crippen LogP contribution >= 0.6 is 0 Å². The highest BCUT2D eigenvalue weighted by Gasteiger charge is 2.28. The lowest BCUT2D eigenvalue weighted by Gasteiger charge is -2.05. The molecule has 7 nitrogen and oxygen atoms in total. The standard InChI is InChI=1S/C18H14F3N5O2/c1-10-16(27)4-11(5-22-10)14-3-2-13-15(24-14)8-26(17(13)28)12-6-23-25(7-12)9-18(19,20)21/h2-8,27-28H,9H2,1H3. The van der Waals surface area contributed by atoms with Gasteiger partial charge in [-0.1, -0.05) is 0 Å². The fourth-order valence-electron chi connectivity index (χ4n) is 2.84. The lowest BCUT2D eigenvalue weighted by molar-refractivity contribution is -0.142. The van der Waals surface area contributed by atoms with Crippen molar-refractivity contribution in [3.8, 4) is 28.6 Å². The van der Waals surface area contributed by atoms with Crippen molar-refractivity contribution in [2.24, 2.45) is 0 Å². The maximum atomic E-state index is 12.5. The van der Waals surface area contributed by atoms with Gasteiger partial charge in [0, 0.05) is 24.2 Å². The molecule has 0 unspecified atom stereocenters. The third kappa shape index (κ3) is 3.24. The van der Waals surface area contributed by atoms with Gasteiger partial charge in [0.1, 0.15) is 12.3 Å². The lowest BCUT2D eigenvalue weighted by Crippen LogP contribution is -2.17. The number of nitrogens with zero attached hydrogens (tertiary/aromatic N) is 5. The number of pyridine rings is 2. The molecule has 0 radical (unpaired) electrons. The van der Waals surface area contributed by atoms with Crippen LogP contribution in [-0.4, -0.2) is 40.7 Å². The fourth-order valence-corrected chi connectivity index (χ4v) is 2.84. The first-order chi connectivity index (χ1) is 13.2. The van der Waals surface area contributed by atoms with E-state index in [2.05, 4.69) is 15.1 Å². The molecular formula is C18H14F3N5O2. The molecule has 4 aromatic heterocycles. The highest BCUT2D eigenvalue weighted by atomic mass is 19.4. The molecule has 0 fully saturated rings. The summed E-state index contributed by atoms with van der Waals surface area (Å²) in [6, 6.07) is 4.83. The first-order valence-electron chi connectivity index (χ1n) is 8.18. The minimum atomic E-state index is -4.39. The number of fused-ring (bicyclic) bond motifs is 1. The highest BCUT2D eigenvalue weighted by Crippen LogP contribution is 2.32. The molecule has 4 aromatic rings. The number of aromatic hydroxyl groups is 2. The van der Waals surface area contributed by atoms with Crippen molar-refractivity contribution in [3.05, 3.63) is 48.7 Å². The smallest absolute Gasteiger partial charge is 0.408 e. The Labute approximate surface area is 156 Å². The van der Waals surface area contributed by atoms with Crippen molar-refractivity contribution in [3.63, 3.8) is 0 Å². The molecule has 0 saturated heterocycles. The van der Waals surface area contributed by atoms with Crippen LogP contribution in [-0.2, 0) is 6.54 Å². The molecule has 0 aromatic carbocycles. The molecule has 0 aliphatic carbocycles. The quantitative estimate of drug-likeness (QED) is 0.559. The first-order valence-corrected chi connectivity index (χ1v) is 8.18. The summed E-state index contributed by atoms with van der Waals surface area (Å²) in [5, 5.41) is 24.4. The zero-order valence-corrected chi connectivity index (χ0v) is 14.5. The number of rotatable bonds is 3. The van der Waals surface area contributed by atoms with Gasteiger partial charge in [0.2, 0.25) is 5.88 Å². The third-order valence-corrected chi connectivity index (χ3v) is 4.24. The molecule has 10 heteroatoms. The van der Waals surface area contributed by atoms with Gasteiger partial charge in [-0.2, -0.15) is 18.3 Å². The molecule has 0 aliphatic rings. The molecule has 0 spiro atoms. The van der Waals surface area contributed by atoms with E-state index in [1.165, 1.54) is 29.2 Å². The monoisotopic (exact) mass is 389 g/mol. The average molecular weight is 389 g/mol. The van der Waals surface area contributed by atoms with E-state index in [4.69, 9.17) is 0 Å². The van der Waals surface area contributed by atoms with Crippen LogP contribution in [0.3, 0.4) is 0 Å². The summed E-state index contributed by atoms with van der Waals surface area (Å²) in [5.74, 6) is -0.123. The van der Waals surface area contributed by atoms with Crippen molar-refractivity contribution in [2.75, 3.05) is 0 Å². The van der Waals surface area contributed by atoms with E-state index in [9.17, 15) is 23.4 Å². The number of aryl methyl sites for hydroxylation is 1. The number of hydrogen-bond acceptors (Lipinski definition) is 5. The first kappa shape index (κ1) is 17.8. The Kier molecular flexibility index (Phi) is 3.98. The Morgan fingerprint density at radius 1 is 1.11 bits per heavy atom. The summed E-state index contributed by atoms with van der Waals surface area (Å²) < 4.78 is 39.6. The summed E-state index contributed by atoms with van der Waals surface area (Å²) in [7, 11) is 0. The van der Waals surface area contributed by atoms with Crippen LogP contribution in [0, 0.1) is 6.92 Å². The van der Waals surface area contributed by atoms with Gasteiger partial charge in [-0.15, -0.1) is 0 Å². The summed E-state index contributed by atoms with van der Waals surface area (Å²) in [4.78, 5) is 8.54. The Morgan fingerprint density at radius 2 is 1.89 bits per heavy atom. The van der Waals surface area contributed by atoms with Gasteiger partial charge >= 0.3 is 6.18 Å². The van der Waals surface area contributed by atoms with Crippen LogP contribution in [0.5, 0.6) is 11.6 Å². The lowest BCUT2D eigenvalue weighted by atomic mass is 10.1. The van der Waals surface area contributed by atoms with E-state index in [0.29, 0.717) is 27.9 Å². The van der Waals surface area contributed by atoms with Crippen LogP contribution in [0.15, 0.2) is 43.0 Å². The largest absolute Gasteiger partial charge is 0.506 e. The molecule has 144 valence electrons. The van der Waals surface area contributed by atoms with Gasteiger partial charge < -0.3 is 10.2 Å². The third-order valence-electron chi connectivity index (χ3n) is 4.24. The fraction of sp³-hybridized carbons (Fsp3) is 0.167. The second kappa shape index (κ2) is 6.25. The molecule has 4 heterocycles. The second-order valence-corrected chi connectivity index (χ2v) is 6.29. The van der Waals surface area contributed by atoms with E-state index in [0.717, 1.165) is 4.68 Å². The van der Waals surface area contributed by atoms with Crippen LogP contribution < -0.4 is 0 Å². The van der Waals surface area contributed by atoms with Crippen molar-refractivity contribution in [2.45, 2.75) is 19.6 Å². The molecular weight excluding hydrogens is 375 g/mol. The maximum Gasteiger partial charge on any atom is 0.408 e. The summed E-state index contributed by atoms with van der Waals surface area (Å²) in [5.41, 5.74) is 2.31. The van der Waals surface area contributed by atoms with Crippen LogP contribution in [0.4, 0.5) is 13.2 Å². The van der Waals surface area contributed by atoms with Gasteiger partial charge in [0.05, 0.1) is 34.2 Å². The van der Waals surface area contributed by atoms with Crippen molar-refractivity contribution < 1.29 is 23.4 Å². The van der Waals surface area contributed by atoms with Crippen molar-refractivity contribution in [1.29, 1.82) is 0 Å². The summed E-state index contributed by atoms with van der Waals surface area (Å²) >= 11 is 0. The minimum Gasteiger partial charge on any atom is -0.506 e. The molecule has 0 amide bonds. The predicted molar refractivity (Wildman–Crippen MR) is 94.2 cm³/mol. The Hall–Kier alpha value is -3.56. The Bertz CT molecular complexity index is 1180. The molecule has 28 heavy (non-hydrogen) atoms.